The molecule has 0 aliphatic carbocycles. The summed E-state index contributed by atoms with van der Waals surface area (Å²) in [4.78, 5) is 23.6. The number of hydrogen-bond donors (Lipinski definition) is 2. The Labute approximate surface area is 143 Å². The van der Waals surface area contributed by atoms with E-state index in [0.717, 1.165) is 5.56 Å². The monoisotopic (exact) mass is 340 g/mol. The fraction of sp³-hybridized carbons (Fsp3) is 0.176. The number of aryl methyl sites for hydroxylation is 1. The number of rotatable bonds is 6. The van der Waals surface area contributed by atoms with Crippen LogP contribution in [0.4, 0.5) is 5.82 Å². The number of hydrogen-bond acceptors (Lipinski definition) is 6. The molecule has 0 radical (unpaired) electrons. The van der Waals surface area contributed by atoms with E-state index in [9.17, 15) is 9.59 Å². The summed E-state index contributed by atoms with van der Waals surface area (Å²) in [7, 11) is 0. The van der Waals surface area contributed by atoms with E-state index in [4.69, 9.17) is 9.05 Å². The van der Waals surface area contributed by atoms with Crippen molar-refractivity contribution >= 4 is 17.6 Å². The number of amides is 2. The maximum Gasteiger partial charge on any atom is 0.245 e. The molecule has 0 saturated carbocycles. The molecule has 0 aliphatic heterocycles. The van der Waals surface area contributed by atoms with Crippen LogP contribution in [-0.4, -0.2) is 28.7 Å². The van der Waals surface area contributed by atoms with Crippen LogP contribution in [0.25, 0.3) is 11.3 Å². The van der Waals surface area contributed by atoms with Gasteiger partial charge in [0, 0.05) is 17.7 Å². The Morgan fingerprint density at radius 3 is 2.56 bits per heavy atom. The third-order valence-electron chi connectivity index (χ3n) is 3.30. The molecule has 0 fully saturated rings. The molecule has 0 saturated heterocycles. The summed E-state index contributed by atoms with van der Waals surface area (Å²) in [5.74, 6) is 0.744. The second-order valence-corrected chi connectivity index (χ2v) is 5.37. The van der Waals surface area contributed by atoms with Crippen LogP contribution in [-0.2, 0) is 16.0 Å². The second-order valence-electron chi connectivity index (χ2n) is 5.37. The molecule has 0 bridgehead atoms. The summed E-state index contributed by atoms with van der Waals surface area (Å²) in [6, 6.07) is 12.7. The van der Waals surface area contributed by atoms with Gasteiger partial charge in [-0.15, -0.1) is 0 Å². The number of anilines is 1. The van der Waals surface area contributed by atoms with Crippen LogP contribution >= 0.6 is 0 Å². The summed E-state index contributed by atoms with van der Waals surface area (Å²) >= 11 is 0. The van der Waals surface area contributed by atoms with Gasteiger partial charge in [-0.05, 0) is 6.92 Å². The van der Waals surface area contributed by atoms with Crippen molar-refractivity contribution in [1.29, 1.82) is 0 Å². The number of benzene rings is 1. The van der Waals surface area contributed by atoms with E-state index in [-0.39, 0.29) is 18.9 Å². The van der Waals surface area contributed by atoms with Crippen LogP contribution in [0.1, 0.15) is 11.5 Å². The van der Waals surface area contributed by atoms with E-state index in [1.54, 1.807) is 19.1 Å². The van der Waals surface area contributed by atoms with Crippen LogP contribution in [0.2, 0.25) is 0 Å². The van der Waals surface area contributed by atoms with Crippen LogP contribution < -0.4 is 10.6 Å². The Morgan fingerprint density at radius 1 is 1.04 bits per heavy atom. The van der Waals surface area contributed by atoms with Crippen LogP contribution in [0.3, 0.4) is 0 Å². The lowest BCUT2D eigenvalue weighted by Gasteiger charge is -2.03. The van der Waals surface area contributed by atoms with Crippen molar-refractivity contribution in [2.24, 2.45) is 0 Å². The van der Waals surface area contributed by atoms with Gasteiger partial charge in [-0.3, -0.25) is 9.59 Å². The Bertz CT molecular complexity index is 870. The standard InChI is InChI=1S/C17H16N4O4/c1-11-7-15(21-24-11)19-17(23)10-18-16(22)9-13-8-14(25-20-13)12-5-3-2-4-6-12/h2-8H,9-10H2,1H3,(H,18,22)(H,19,21,23). The van der Waals surface area contributed by atoms with Gasteiger partial charge in [0.05, 0.1) is 18.7 Å². The Morgan fingerprint density at radius 2 is 1.84 bits per heavy atom. The van der Waals surface area contributed by atoms with Crippen molar-refractivity contribution in [3.8, 4) is 11.3 Å². The number of carbonyl (C=O) groups is 2. The van der Waals surface area contributed by atoms with E-state index >= 15 is 0 Å². The highest BCUT2D eigenvalue weighted by molar-refractivity contribution is 5.94. The molecule has 1 aromatic carbocycles. The van der Waals surface area contributed by atoms with Gasteiger partial charge in [-0.2, -0.15) is 0 Å². The molecule has 8 nitrogen and oxygen atoms in total. The molecule has 2 amide bonds. The van der Waals surface area contributed by atoms with Gasteiger partial charge in [0.15, 0.2) is 11.6 Å². The topological polar surface area (TPSA) is 110 Å². The summed E-state index contributed by atoms with van der Waals surface area (Å²) < 4.78 is 10.1. The van der Waals surface area contributed by atoms with Gasteiger partial charge in [0.2, 0.25) is 11.8 Å². The van der Waals surface area contributed by atoms with Gasteiger partial charge in [0.25, 0.3) is 0 Å². The van der Waals surface area contributed by atoms with Crippen LogP contribution in [0.15, 0.2) is 51.5 Å². The van der Waals surface area contributed by atoms with E-state index < -0.39 is 5.91 Å². The maximum absolute atomic E-state index is 11.9. The second kappa shape index (κ2) is 7.43. The molecular weight excluding hydrogens is 324 g/mol. The van der Waals surface area contributed by atoms with Crippen LogP contribution in [0.5, 0.6) is 0 Å². The fourth-order valence-electron chi connectivity index (χ4n) is 2.15. The summed E-state index contributed by atoms with van der Waals surface area (Å²) in [6.07, 6.45) is 0.0205. The molecule has 0 unspecified atom stereocenters. The van der Waals surface area contributed by atoms with Crippen molar-refractivity contribution in [3.63, 3.8) is 0 Å². The van der Waals surface area contributed by atoms with E-state index in [1.165, 1.54) is 0 Å². The normalized spacial score (nSPS) is 10.4. The van der Waals surface area contributed by atoms with Crippen molar-refractivity contribution in [1.82, 2.24) is 15.6 Å². The highest BCUT2D eigenvalue weighted by Crippen LogP contribution is 2.19. The van der Waals surface area contributed by atoms with E-state index in [1.807, 2.05) is 30.3 Å². The average molecular weight is 340 g/mol. The summed E-state index contributed by atoms with van der Waals surface area (Å²) in [5.41, 5.74) is 1.37. The third kappa shape index (κ3) is 4.54. The lowest BCUT2D eigenvalue weighted by molar-refractivity contribution is -0.123. The molecular formula is C17H16N4O4. The molecule has 3 rings (SSSR count). The lowest BCUT2D eigenvalue weighted by Crippen LogP contribution is -2.33. The van der Waals surface area contributed by atoms with E-state index in [2.05, 4.69) is 20.9 Å². The summed E-state index contributed by atoms with van der Waals surface area (Å²) in [5, 5.41) is 12.5. The first-order valence-electron chi connectivity index (χ1n) is 7.61. The van der Waals surface area contributed by atoms with Gasteiger partial charge < -0.3 is 19.7 Å². The average Bonchev–Trinajstić information content (AvgIpc) is 3.23. The lowest BCUT2D eigenvalue weighted by atomic mass is 10.1. The molecule has 25 heavy (non-hydrogen) atoms. The largest absolute Gasteiger partial charge is 0.360 e. The van der Waals surface area contributed by atoms with Crippen molar-refractivity contribution in [3.05, 3.63) is 53.9 Å². The fourth-order valence-corrected chi connectivity index (χ4v) is 2.15. The van der Waals surface area contributed by atoms with Gasteiger partial charge in [-0.1, -0.05) is 40.6 Å². The molecule has 2 heterocycles. The predicted molar refractivity (Wildman–Crippen MR) is 88.5 cm³/mol. The molecule has 0 atom stereocenters. The number of nitrogens with zero attached hydrogens (tertiary/aromatic N) is 2. The maximum atomic E-state index is 11.9. The Kier molecular flexibility index (Phi) is 4.89. The number of aromatic nitrogens is 2. The molecule has 3 aromatic rings. The van der Waals surface area contributed by atoms with Crippen molar-refractivity contribution in [2.75, 3.05) is 11.9 Å². The van der Waals surface area contributed by atoms with Gasteiger partial charge in [0.1, 0.15) is 5.76 Å². The zero-order chi connectivity index (χ0) is 17.6. The smallest absolute Gasteiger partial charge is 0.245 e. The zero-order valence-electron chi connectivity index (χ0n) is 13.5. The first-order valence-corrected chi connectivity index (χ1v) is 7.61. The predicted octanol–water partition coefficient (Wildman–Crippen LogP) is 1.94. The third-order valence-corrected chi connectivity index (χ3v) is 3.30. The summed E-state index contributed by atoms with van der Waals surface area (Å²) in [6.45, 7) is 1.54. The molecule has 2 aromatic heterocycles. The quantitative estimate of drug-likeness (QED) is 0.709. The first kappa shape index (κ1) is 16.4. The SMILES string of the molecule is Cc1cc(NC(=O)CNC(=O)Cc2cc(-c3ccccc3)on2)no1. The van der Waals surface area contributed by atoms with Gasteiger partial charge >= 0.3 is 0 Å². The minimum atomic E-state index is -0.397. The molecule has 0 aliphatic rings. The highest BCUT2D eigenvalue weighted by atomic mass is 16.5. The van der Waals surface area contributed by atoms with Crippen molar-refractivity contribution in [2.45, 2.75) is 13.3 Å². The number of nitrogens with one attached hydrogen (secondary N) is 2. The van der Waals surface area contributed by atoms with Crippen LogP contribution in [0, 0.1) is 6.92 Å². The molecule has 128 valence electrons. The number of carbonyl (C=O) groups excluding carboxylic acids is 2. The van der Waals surface area contributed by atoms with E-state index in [0.29, 0.717) is 23.0 Å². The molecule has 8 heteroatoms. The minimum Gasteiger partial charge on any atom is -0.360 e. The minimum absolute atomic E-state index is 0.0205. The Balaban J connectivity index is 1.48. The Hall–Kier alpha value is -3.42. The molecule has 2 N–H and O–H groups in total. The van der Waals surface area contributed by atoms with Gasteiger partial charge in [-0.25, -0.2) is 0 Å². The first-order chi connectivity index (χ1) is 12.1. The highest BCUT2D eigenvalue weighted by Gasteiger charge is 2.12. The van der Waals surface area contributed by atoms with Crippen molar-refractivity contribution < 1.29 is 18.6 Å². The zero-order valence-corrected chi connectivity index (χ0v) is 13.5. The molecule has 0 spiro atoms.